The number of nitrogens with one attached hydrogen (secondary N) is 2. The number of nitrogens with zero attached hydrogens (tertiary/aromatic N) is 1. The van der Waals surface area contributed by atoms with Crippen molar-refractivity contribution in [3.05, 3.63) is 76.0 Å². The summed E-state index contributed by atoms with van der Waals surface area (Å²) in [5.74, 6) is -0.578. The molecule has 4 atom stereocenters. The van der Waals surface area contributed by atoms with Crippen molar-refractivity contribution in [1.29, 1.82) is 0 Å². The molecule has 5 N–H and O–H groups in total. The normalized spacial score (nSPS) is 22.8. The van der Waals surface area contributed by atoms with Gasteiger partial charge in [0.1, 0.15) is 5.82 Å². The lowest BCUT2D eigenvalue weighted by Gasteiger charge is -2.20. The summed E-state index contributed by atoms with van der Waals surface area (Å²) >= 11 is 1.47. The summed E-state index contributed by atoms with van der Waals surface area (Å²) in [6.07, 6.45) is 3.63. The number of carbonyl (C=O) groups excluding carboxylic acids is 1. The standard InChI is InChI=1S/C25H27FN4O2S/c26-16-5-3-15(4-6-16)23(31)20-11-9-18(28-20)13-14-1-7-17(8-2-14)29-24(32)19-10-12-21-22(19)30-25(27)33-21/h1-8,18-20,23,28,31H,9-13H2,(H2,27,30)(H,29,32)/t18-,19+,20+,23+/m0/s1. The van der Waals surface area contributed by atoms with Gasteiger partial charge in [0, 0.05) is 22.6 Å². The lowest BCUT2D eigenvalue weighted by molar-refractivity contribution is -0.117. The SMILES string of the molecule is Nc1nc2c(s1)CC[C@H]2C(=O)Nc1ccc(C[C@@H]2CC[C@H]([C@H](O)c3ccc(F)cc3)N2)cc1. The Morgan fingerprint density at radius 3 is 2.70 bits per heavy atom. The van der Waals surface area contributed by atoms with Crippen LogP contribution in [0.5, 0.6) is 0 Å². The highest BCUT2D eigenvalue weighted by Gasteiger charge is 2.32. The van der Waals surface area contributed by atoms with Crippen LogP contribution in [0.15, 0.2) is 48.5 Å². The Labute approximate surface area is 196 Å². The highest BCUT2D eigenvalue weighted by molar-refractivity contribution is 7.15. The van der Waals surface area contributed by atoms with Crippen LogP contribution in [-0.4, -0.2) is 28.1 Å². The van der Waals surface area contributed by atoms with Crippen molar-refractivity contribution in [3.8, 4) is 0 Å². The van der Waals surface area contributed by atoms with Crippen LogP contribution >= 0.6 is 11.3 Å². The minimum Gasteiger partial charge on any atom is -0.387 e. The van der Waals surface area contributed by atoms with Crippen LogP contribution < -0.4 is 16.4 Å². The molecule has 2 aliphatic rings. The molecule has 1 amide bonds. The monoisotopic (exact) mass is 466 g/mol. The number of nitrogens with two attached hydrogens (primary N) is 1. The van der Waals surface area contributed by atoms with E-state index >= 15 is 0 Å². The second-order valence-electron chi connectivity index (χ2n) is 8.89. The minimum absolute atomic E-state index is 0.0399. The van der Waals surface area contributed by atoms with Gasteiger partial charge in [-0.15, -0.1) is 11.3 Å². The Bertz CT molecular complexity index is 1130. The van der Waals surface area contributed by atoms with E-state index in [0.29, 0.717) is 5.13 Å². The zero-order valence-corrected chi connectivity index (χ0v) is 18.9. The number of aryl methyl sites for hydroxylation is 1. The van der Waals surface area contributed by atoms with E-state index in [1.165, 1.54) is 23.5 Å². The Morgan fingerprint density at radius 1 is 1.18 bits per heavy atom. The molecule has 172 valence electrons. The van der Waals surface area contributed by atoms with Gasteiger partial charge in [-0.05, 0) is 67.5 Å². The number of nitrogen functional groups attached to an aromatic ring is 1. The van der Waals surface area contributed by atoms with Crippen LogP contribution in [0.4, 0.5) is 15.2 Å². The van der Waals surface area contributed by atoms with Gasteiger partial charge in [0.25, 0.3) is 0 Å². The summed E-state index contributed by atoms with van der Waals surface area (Å²) in [6, 6.07) is 14.2. The van der Waals surface area contributed by atoms with Crippen LogP contribution in [0, 0.1) is 5.82 Å². The van der Waals surface area contributed by atoms with Crippen molar-refractivity contribution in [2.24, 2.45) is 0 Å². The number of aliphatic hydroxyl groups is 1. The molecule has 0 radical (unpaired) electrons. The maximum absolute atomic E-state index is 13.1. The topological polar surface area (TPSA) is 100 Å². The number of benzene rings is 2. The molecule has 5 rings (SSSR count). The molecule has 2 heterocycles. The van der Waals surface area contributed by atoms with Gasteiger partial charge in [0.15, 0.2) is 5.13 Å². The van der Waals surface area contributed by atoms with E-state index in [1.54, 1.807) is 12.1 Å². The Morgan fingerprint density at radius 2 is 1.94 bits per heavy atom. The van der Waals surface area contributed by atoms with Crippen LogP contribution in [0.1, 0.15) is 53.0 Å². The molecule has 3 aromatic rings. The predicted molar refractivity (Wildman–Crippen MR) is 128 cm³/mol. The van der Waals surface area contributed by atoms with Gasteiger partial charge >= 0.3 is 0 Å². The summed E-state index contributed by atoms with van der Waals surface area (Å²) in [5, 5.41) is 17.7. The Balaban J connectivity index is 1.14. The molecule has 1 fully saturated rings. The Hall–Kier alpha value is -2.81. The van der Waals surface area contributed by atoms with Crippen LogP contribution in [0.25, 0.3) is 0 Å². The van der Waals surface area contributed by atoms with Crippen LogP contribution in [-0.2, 0) is 17.6 Å². The van der Waals surface area contributed by atoms with E-state index in [2.05, 4.69) is 15.6 Å². The first-order chi connectivity index (χ1) is 16.0. The van der Waals surface area contributed by atoms with E-state index in [-0.39, 0.29) is 29.7 Å². The molecule has 0 saturated carbocycles. The highest BCUT2D eigenvalue weighted by atomic mass is 32.1. The first kappa shape index (κ1) is 22.0. The number of rotatable bonds is 6. The molecular weight excluding hydrogens is 439 g/mol. The quantitative estimate of drug-likeness (QED) is 0.441. The van der Waals surface area contributed by atoms with Crippen molar-refractivity contribution >= 4 is 28.1 Å². The zero-order valence-electron chi connectivity index (χ0n) is 18.1. The smallest absolute Gasteiger partial charge is 0.233 e. The van der Waals surface area contributed by atoms with E-state index in [1.807, 2.05) is 24.3 Å². The van der Waals surface area contributed by atoms with Gasteiger partial charge in [0.05, 0.1) is 17.7 Å². The lowest BCUT2D eigenvalue weighted by Crippen LogP contribution is -2.35. The average molecular weight is 467 g/mol. The lowest BCUT2D eigenvalue weighted by atomic mass is 10.0. The molecule has 8 heteroatoms. The number of fused-ring (bicyclic) bond motifs is 1. The number of amides is 1. The van der Waals surface area contributed by atoms with Gasteiger partial charge in [0.2, 0.25) is 5.91 Å². The molecule has 1 saturated heterocycles. The summed E-state index contributed by atoms with van der Waals surface area (Å²) in [4.78, 5) is 18.2. The first-order valence-corrected chi connectivity index (χ1v) is 12.1. The number of halogens is 1. The van der Waals surface area contributed by atoms with Crippen molar-refractivity contribution in [1.82, 2.24) is 10.3 Å². The van der Waals surface area contributed by atoms with Crippen LogP contribution in [0.2, 0.25) is 0 Å². The van der Waals surface area contributed by atoms with Gasteiger partial charge in [-0.3, -0.25) is 4.79 Å². The van der Waals surface area contributed by atoms with Gasteiger partial charge in [-0.25, -0.2) is 9.37 Å². The van der Waals surface area contributed by atoms with Crippen molar-refractivity contribution in [3.63, 3.8) is 0 Å². The maximum atomic E-state index is 13.1. The number of carbonyl (C=O) groups is 1. The first-order valence-electron chi connectivity index (χ1n) is 11.3. The van der Waals surface area contributed by atoms with Crippen molar-refractivity contribution in [2.45, 2.75) is 56.2 Å². The molecule has 0 spiro atoms. The Kier molecular flexibility index (Phi) is 6.14. The van der Waals surface area contributed by atoms with Gasteiger partial charge in [-0.1, -0.05) is 24.3 Å². The fourth-order valence-corrected chi connectivity index (χ4v) is 5.80. The van der Waals surface area contributed by atoms with E-state index < -0.39 is 6.10 Å². The molecular formula is C25H27FN4O2S. The summed E-state index contributed by atoms with van der Waals surface area (Å²) in [6.45, 7) is 0. The fraction of sp³-hybridized carbons (Fsp3) is 0.360. The summed E-state index contributed by atoms with van der Waals surface area (Å²) in [5.41, 5.74) is 9.28. The van der Waals surface area contributed by atoms with Gasteiger partial charge < -0.3 is 21.5 Å². The molecule has 1 aliphatic heterocycles. The molecule has 0 bridgehead atoms. The zero-order chi connectivity index (χ0) is 22.9. The average Bonchev–Trinajstić information content (AvgIpc) is 3.51. The number of aromatic nitrogens is 1. The largest absolute Gasteiger partial charge is 0.387 e. The van der Waals surface area contributed by atoms with E-state index in [4.69, 9.17) is 5.73 Å². The van der Waals surface area contributed by atoms with Crippen LogP contribution in [0.3, 0.4) is 0 Å². The summed E-state index contributed by atoms with van der Waals surface area (Å²) < 4.78 is 13.1. The number of hydrogen-bond donors (Lipinski definition) is 4. The second kappa shape index (κ2) is 9.21. The summed E-state index contributed by atoms with van der Waals surface area (Å²) in [7, 11) is 0. The number of aliphatic hydroxyl groups excluding tert-OH is 1. The molecule has 1 aromatic heterocycles. The highest BCUT2D eigenvalue weighted by Crippen LogP contribution is 2.38. The molecule has 2 aromatic carbocycles. The third-order valence-corrected chi connectivity index (χ3v) is 7.58. The third-order valence-electron chi connectivity index (χ3n) is 6.62. The maximum Gasteiger partial charge on any atom is 0.233 e. The van der Waals surface area contributed by atoms with Gasteiger partial charge in [-0.2, -0.15) is 0 Å². The molecule has 33 heavy (non-hydrogen) atoms. The molecule has 0 unspecified atom stereocenters. The second-order valence-corrected chi connectivity index (χ2v) is 10.0. The minimum atomic E-state index is -0.655. The van der Waals surface area contributed by atoms with Crippen molar-refractivity contribution in [2.75, 3.05) is 11.1 Å². The molecule has 6 nitrogen and oxygen atoms in total. The predicted octanol–water partition coefficient (Wildman–Crippen LogP) is 3.93. The number of thiazole rings is 1. The van der Waals surface area contributed by atoms with E-state index in [9.17, 15) is 14.3 Å². The molecule has 1 aliphatic carbocycles. The third kappa shape index (κ3) is 4.78. The van der Waals surface area contributed by atoms with E-state index in [0.717, 1.165) is 59.5 Å². The fourth-order valence-electron chi connectivity index (χ4n) is 4.89. The van der Waals surface area contributed by atoms with Crippen molar-refractivity contribution < 1.29 is 14.3 Å². The number of anilines is 2. The number of hydrogen-bond acceptors (Lipinski definition) is 6.